The Kier molecular flexibility index (Phi) is 5.38. The Balaban J connectivity index is 1.83. The molecule has 0 unspecified atom stereocenters. The molecule has 11 heteroatoms. The summed E-state index contributed by atoms with van der Waals surface area (Å²) < 4.78 is 44.2. The van der Waals surface area contributed by atoms with Crippen LogP contribution in [0.4, 0.5) is 18.9 Å². The Morgan fingerprint density at radius 1 is 1.15 bits per heavy atom. The summed E-state index contributed by atoms with van der Waals surface area (Å²) >= 11 is 6.98. The van der Waals surface area contributed by atoms with Crippen molar-refractivity contribution in [1.82, 2.24) is 10.2 Å². The first-order valence-corrected chi connectivity index (χ1v) is 8.66. The van der Waals surface area contributed by atoms with Crippen molar-refractivity contribution in [2.75, 3.05) is 0 Å². The summed E-state index contributed by atoms with van der Waals surface area (Å²) in [6.07, 6.45) is -4.74. The van der Waals surface area contributed by atoms with Gasteiger partial charge in [-0.15, -0.1) is 10.2 Å². The lowest BCUT2D eigenvalue weighted by atomic mass is 10.1. The first-order valence-electron chi connectivity index (χ1n) is 7.30. The predicted molar refractivity (Wildman–Crippen MR) is 92.4 cm³/mol. The molecule has 0 saturated heterocycles. The molecule has 1 heterocycles. The number of hydrogen-bond donors (Lipinski definition) is 0. The monoisotopic (exact) mass is 415 g/mol. The molecule has 0 atom stereocenters. The lowest BCUT2D eigenvalue weighted by molar-refractivity contribution is -0.385. The number of non-ortho nitro benzene ring substituents is 1. The Hall–Kier alpha value is -2.59. The van der Waals surface area contributed by atoms with Crippen LogP contribution in [0, 0.1) is 10.1 Å². The zero-order chi connectivity index (χ0) is 19.6. The molecule has 3 rings (SSSR count). The molecule has 2 aromatic carbocycles. The van der Waals surface area contributed by atoms with Crippen LogP contribution in [0.2, 0.25) is 5.02 Å². The Morgan fingerprint density at radius 3 is 2.48 bits per heavy atom. The second kappa shape index (κ2) is 7.57. The van der Waals surface area contributed by atoms with E-state index in [1.807, 2.05) is 12.1 Å². The fraction of sp³-hybridized carbons (Fsp3) is 0.125. The molecule has 0 amide bonds. The zero-order valence-corrected chi connectivity index (χ0v) is 14.8. The molecule has 6 nitrogen and oxygen atoms in total. The number of hydrogen-bond acceptors (Lipinski definition) is 6. The van der Waals surface area contributed by atoms with Crippen molar-refractivity contribution in [3.63, 3.8) is 0 Å². The summed E-state index contributed by atoms with van der Waals surface area (Å²) in [6, 6.07) is 9.20. The molecule has 0 bridgehead atoms. The van der Waals surface area contributed by atoms with Crippen LogP contribution in [0.3, 0.4) is 0 Å². The average Bonchev–Trinajstić information content (AvgIpc) is 3.09. The summed E-state index contributed by atoms with van der Waals surface area (Å²) in [5, 5.41) is 19.1. The standard InChI is InChI=1S/C16H9ClF3N3O3S/c17-12-3-1-9(2-4-12)8-27-15-22-21-14(26-15)10-5-11(16(18,19)20)7-13(6-10)23(24)25/h1-7H,8H2. The van der Waals surface area contributed by atoms with Crippen LogP contribution in [0.25, 0.3) is 11.5 Å². The van der Waals surface area contributed by atoms with Gasteiger partial charge in [-0.3, -0.25) is 10.1 Å². The fourth-order valence-corrected chi connectivity index (χ4v) is 2.96. The highest BCUT2D eigenvalue weighted by atomic mass is 35.5. The number of thioether (sulfide) groups is 1. The summed E-state index contributed by atoms with van der Waals surface area (Å²) in [5.74, 6) is 0.240. The number of rotatable bonds is 5. The molecule has 3 aromatic rings. The third-order valence-electron chi connectivity index (χ3n) is 3.38. The quantitative estimate of drug-likeness (QED) is 0.306. The van der Waals surface area contributed by atoms with Crippen LogP contribution in [0.5, 0.6) is 0 Å². The molecule has 0 aliphatic heterocycles. The van der Waals surface area contributed by atoms with Gasteiger partial charge in [0.25, 0.3) is 10.9 Å². The second-order valence-corrected chi connectivity index (χ2v) is 6.67. The van der Waals surface area contributed by atoms with E-state index in [0.717, 1.165) is 17.7 Å². The third kappa shape index (κ3) is 4.77. The smallest absolute Gasteiger partial charge is 0.411 e. The highest BCUT2D eigenvalue weighted by Crippen LogP contribution is 2.36. The van der Waals surface area contributed by atoms with Crippen LogP contribution in [-0.2, 0) is 11.9 Å². The molecule has 0 radical (unpaired) electrons. The number of alkyl halides is 3. The van der Waals surface area contributed by atoms with Crippen molar-refractivity contribution in [1.29, 1.82) is 0 Å². The van der Waals surface area contributed by atoms with Crippen molar-refractivity contribution in [3.05, 3.63) is 68.7 Å². The normalized spacial score (nSPS) is 11.6. The number of nitro benzene ring substituents is 1. The van der Waals surface area contributed by atoms with Crippen molar-refractivity contribution in [2.45, 2.75) is 17.2 Å². The van der Waals surface area contributed by atoms with Gasteiger partial charge in [-0.05, 0) is 23.8 Å². The number of nitro groups is 1. The average molecular weight is 416 g/mol. The zero-order valence-electron chi connectivity index (χ0n) is 13.2. The first kappa shape index (κ1) is 19.2. The lowest BCUT2D eigenvalue weighted by Gasteiger charge is -2.07. The van der Waals surface area contributed by atoms with Gasteiger partial charge in [-0.1, -0.05) is 35.5 Å². The van der Waals surface area contributed by atoms with Crippen LogP contribution in [-0.4, -0.2) is 15.1 Å². The molecular weight excluding hydrogens is 407 g/mol. The summed E-state index contributed by atoms with van der Waals surface area (Å²) in [4.78, 5) is 10.00. The maximum Gasteiger partial charge on any atom is 0.416 e. The van der Waals surface area contributed by atoms with Crippen molar-refractivity contribution >= 4 is 29.1 Å². The number of halogens is 4. The van der Waals surface area contributed by atoms with E-state index in [1.165, 1.54) is 11.8 Å². The minimum atomic E-state index is -4.74. The van der Waals surface area contributed by atoms with Gasteiger partial charge < -0.3 is 4.42 Å². The minimum Gasteiger partial charge on any atom is -0.411 e. The molecule has 0 N–H and O–H groups in total. The van der Waals surface area contributed by atoms with Crippen LogP contribution in [0.1, 0.15) is 11.1 Å². The topological polar surface area (TPSA) is 82.1 Å². The highest BCUT2D eigenvalue weighted by Gasteiger charge is 2.33. The molecule has 27 heavy (non-hydrogen) atoms. The molecule has 1 aromatic heterocycles. The van der Waals surface area contributed by atoms with E-state index in [-0.39, 0.29) is 16.7 Å². The van der Waals surface area contributed by atoms with E-state index in [0.29, 0.717) is 16.8 Å². The minimum absolute atomic E-state index is 0.125. The van der Waals surface area contributed by atoms with Gasteiger partial charge in [0.1, 0.15) is 0 Å². The molecule has 0 aliphatic carbocycles. The van der Waals surface area contributed by atoms with Gasteiger partial charge in [0.15, 0.2) is 0 Å². The highest BCUT2D eigenvalue weighted by molar-refractivity contribution is 7.98. The van der Waals surface area contributed by atoms with Gasteiger partial charge in [0.05, 0.1) is 10.5 Å². The van der Waals surface area contributed by atoms with E-state index in [9.17, 15) is 23.3 Å². The predicted octanol–water partition coefficient (Wildman–Crippen LogP) is 5.61. The lowest BCUT2D eigenvalue weighted by Crippen LogP contribution is -2.06. The number of nitrogens with zero attached hydrogens (tertiary/aromatic N) is 3. The largest absolute Gasteiger partial charge is 0.416 e. The van der Waals surface area contributed by atoms with Crippen LogP contribution >= 0.6 is 23.4 Å². The fourth-order valence-electron chi connectivity index (χ4n) is 2.11. The van der Waals surface area contributed by atoms with Gasteiger partial charge in [0.2, 0.25) is 5.89 Å². The van der Waals surface area contributed by atoms with E-state index in [2.05, 4.69) is 10.2 Å². The molecule has 0 spiro atoms. The summed E-state index contributed by atoms with van der Waals surface area (Å²) in [5.41, 5.74) is -1.13. The van der Waals surface area contributed by atoms with Gasteiger partial charge >= 0.3 is 6.18 Å². The van der Waals surface area contributed by atoms with Crippen LogP contribution in [0.15, 0.2) is 52.1 Å². The molecule has 0 fully saturated rings. The van der Waals surface area contributed by atoms with Gasteiger partial charge in [-0.2, -0.15) is 13.2 Å². The summed E-state index contributed by atoms with van der Waals surface area (Å²) in [6.45, 7) is 0. The second-order valence-electron chi connectivity index (χ2n) is 5.31. The number of benzene rings is 2. The SMILES string of the molecule is O=[N+]([O-])c1cc(-c2nnc(SCc3ccc(Cl)cc3)o2)cc(C(F)(F)F)c1. The van der Waals surface area contributed by atoms with Crippen LogP contribution < -0.4 is 0 Å². The van der Waals surface area contributed by atoms with Crippen molar-refractivity contribution < 1.29 is 22.5 Å². The third-order valence-corrected chi connectivity index (χ3v) is 4.53. The van der Waals surface area contributed by atoms with Gasteiger partial charge in [-0.25, -0.2) is 0 Å². The van der Waals surface area contributed by atoms with Crippen molar-refractivity contribution in [3.8, 4) is 11.5 Å². The maximum absolute atomic E-state index is 13.0. The molecule has 0 saturated carbocycles. The van der Waals surface area contributed by atoms with E-state index >= 15 is 0 Å². The van der Waals surface area contributed by atoms with E-state index in [1.54, 1.807) is 12.1 Å². The van der Waals surface area contributed by atoms with E-state index in [4.69, 9.17) is 16.0 Å². The Morgan fingerprint density at radius 2 is 1.85 bits per heavy atom. The summed E-state index contributed by atoms with van der Waals surface area (Å²) in [7, 11) is 0. The molecule has 140 valence electrons. The number of aromatic nitrogens is 2. The van der Waals surface area contributed by atoms with Gasteiger partial charge in [0, 0.05) is 28.5 Å². The Labute approximate surface area is 159 Å². The van der Waals surface area contributed by atoms with Crippen molar-refractivity contribution in [2.24, 2.45) is 0 Å². The first-order chi connectivity index (χ1) is 12.7. The maximum atomic E-state index is 13.0. The molecular formula is C16H9ClF3N3O3S. The van der Waals surface area contributed by atoms with E-state index < -0.39 is 22.4 Å². The molecule has 0 aliphatic rings. The Bertz CT molecular complexity index is 977.